The number of ether oxygens (including phenoxy) is 1. The maximum atomic E-state index is 6.21. The van der Waals surface area contributed by atoms with E-state index in [4.69, 9.17) is 4.74 Å². The summed E-state index contributed by atoms with van der Waals surface area (Å²) in [5, 5.41) is 0. The standard InChI is InChI=1S/C17H26OS/c1-14-8-7-9-15(2)16(14)18-12-17(13-19)10-5-3-4-6-11-17/h7-9,19H,3-6,10-13H2,1-2H3. The molecule has 1 aromatic carbocycles. The van der Waals surface area contributed by atoms with Gasteiger partial charge in [0.2, 0.25) is 0 Å². The van der Waals surface area contributed by atoms with Crippen molar-refractivity contribution < 1.29 is 4.74 Å². The van der Waals surface area contributed by atoms with Gasteiger partial charge in [-0.2, -0.15) is 12.6 Å². The fraction of sp³-hybridized carbons (Fsp3) is 0.647. The number of benzene rings is 1. The van der Waals surface area contributed by atoms with Crippen molar-refractivity contribution in [1.82, 2.24) is 0 Å². The highest BCUT2D eigenvalue weighted by Gasteiger charge is 2.30. The van der Waals surface area contributed by atoms with Crippen LogP contribution in [0.25, 0.3) is 0 Å². The van der Waals surface area contributed by atoms with Crippen LogP contribution in [0.2, 0.25) is 0 Å². The molecule has 0 aliphatic heterocycles. The molecule has 1 aliphatic rings. The van der Waals surface area contributed by atoms with Gasteiger partial charge in [0.15, 0.2) is 0 Å². The van der Waals surface area contributed by atoms with E-state index in [1.54, 1.807) is 0 Å². The van der Waals surface area contributed by atoms with E-state index in [1.807, 2.05) is 0 Å². The summed E-state index contributed by atoms with van der Waals surface area (Å²) in [5.41, 5.74) is 2.76. The molecule has 0 atom stereocenters. The quantitative estimate of drug-likeness (QED) is 0.605. The average Bonchev–Trinajstić information content (AvgIpc) is 2.64. The zero-order valence-electron chi connectivity index (χ0n) is 12.2. The Morgan fingerprint density at radius 2 is 1.63 bits per heavy atom. The molecule has 0 radical (unpaired) electrons. The van der Waals surface area contributed by atoms with Gasteiger partial charge in [-0.15, -0.1) is 0 Å². The predicted octanol–water partition coefficient (Wildman–Crippen LogP) is 4.95. The van der Waals surface area contributed by atoms with Crippen LogP contribution >= 0.6 is 12.6 Å². The number of hydrogen-bond acceptors (Lipinski definition) is 2. The van der Waals surface area contributed by atoms with Crippen molar-refractivity contribution in [2.24, 2.45) is 5.41 Å². The second-order valence-corrected chi connectivity index (χ2v) is 6.40. The van der Waals surface area contributed by atoms with Crippen LogP contribution in [0.15, 0.2) is 18.2 Å². The molecule has 1 nitrogen and oxygen atoms in total. The van der Waals surface area contributed by atoms with Crippen LogP contribution < -0.4 is 4.74 Å². The van der Waals surface area contributed by atoms with Gasteiger partial charge in [0.05, 0.1) is 6.61 Å². The second-order valence-electron chi connectivity index (χ2n) is 6.08. The molecular formula is C17H26OS. The summed E-state index contributed by atoms with van der Waals surface area (Å²) < 4.78 is 6.21. The van der Waals surface area contributed by atoms with E-state index in [-0.39, 0.29) is 5.41 Å². The Hall–Kier alpha value is -0.630. The lowest BCUT2D eigenvalue weighted by molar-refractivity contribution is 0.147. The first-order valence-electron chi connectivity index (χ1n) is 7.47. The Bertz CT molecular complexity index is 385. The Morgan fingerprint density at radius 1 is 1.05 bits per heavy atom. The summed E-state index contributed by atoms with van der Waals surface area (Å²) in [7, 11) is 0. The van der Waals surface area contributed by atoms with Crippen molar-refractivity contribution in [3.05, 3.63) is 29.3 Å². The van der Waals surface area contributed by atoms with E-state index in [0.717, 1.165) is 18.1 Å². The first kappa shape index (κ1) is 14.8. The van der Waals surface area contributed by atoms with Gasteiger partial charge in [-0.05, 0) is 43.6 Å². The lowest BCUT2D eigenvalue weighted by atomic mass is 9.83. The van der Waals surface area contributed by atoms with Gasteiger partial charge in [-0.1, -0.05) is 43.9 Å². The van der Waals surface area contributed by atoms with Gasteiger partial charge < -0.3 is 4.74 Å². The summed E-state index contributed by atoms with van der Waals surface area (Å²) in [6.45, 7) is 5.08. The fourth-order valence-corrected chi connectivity index (χ4v) is 3.49. The first-order valence-corrected chi connectivity index (χ1v) is 8.10. The SMILES string of the molecule is Cc1cccc(C)c1OCC1(CS)CCCCCC1. The summed E-state index contributed by atoms with van der Waals surface area (Å²) in [6, 6.07) is 6.35. The Kier molecular flexibility index (Phi) is 5.20. The van der Waals surface area contributed by atoms with Gasteiger partial charge in [-0.25, -0.2) is 0 Å². The summed E-state index contributed by atoms with van der Waals surface area (Å²) in [4.78, 5) is 0. The highest BCUT2D eigenvalue weighted by Crippen LogP contribution is 2.37. The molecule has 0 unspecified atom stereocenters. The molecule has 2 rings (SSSR count). The van der Waals surface area contributed by atoms with Gasteiger partial charge in [0.1, 0.15) is 5.75 Å². The fourth-order valence-electron chi connectivity index (χ4n) is 3.08. The average molecular weight is 278 g/mol. The minimum absolute atomic E-state index is 0.286. The number of thiol groups is 1. The molecule has 1 aliphatic carbocycles. The van der Waals surface area contributed by atoms with E-state index >= 15 is 0 Å². The normalized spacial score (nSPS) is 18.9. The molecule has 0 amide bonds. The molecule has 19 heavy (non-hydrogen) atoms. The molecule has 0 saturated heterocycles. The maximum absolute atomic E-state index is 6.21. The molecule has 0 N–H and O–H groups in total. The van der Waals surface area contributed by atoms with Crippen molar-refractivity contribution in [2.45, 2.75) is 52.4 Å². The zero-order valence-corrected chi connectivity index (χ0v) is 13.1. The summed E-state index contributed by atoms with van der Waals surface area (Å²) >= 11 is 4.62. The molecular weight excluding hydrogens is 252 g/mol. The predicted molar refractivity (Wildman–Crippen MR) is 85.4 cm³/mol. The molecule has 0 aromatic heterocycles. The number of para-hydroxylation sites is 1. The van der Waals surface area contributed by atoms with E-state index < -0.39 is 0 Å². The first-order chi connectivity index (χ1) is 9.17. The van der Waals surface area contributed by atoms with Crippen LogP contribution in [0.1, 0.15) is 49.7 Å². The highest BCUT2D eigenvalue weighted by atomic mass is 32.1. The number of rotatable bonds is 4. The van der Waals surface area contributed by atoms with Crippen molar-refractivity contribution in [2.75, 3.05) is 12.4 Å². The van der Waals surface area contributed by atoms with Crippen LogP contribution in [0.4, 0.5) is 0 Å². The summed E-state index contributed by atoms with van der Waals surface area (Å²) in [5.74, 6) is 2.02. The van der Waals surface area contributed by atoms with Crippen molar-refractivity contribution >= 4 is 12.6 Å². The van der Waals surface area contributed by atoms with Crippen LogP contribution in [0.3, 0.4) is 0 Å². The minimum Gasteiger partial charge on any atom is -0.492 e. The smallest absolute Gasteiger partial charge is 0.125 e. The maximum Gasteiger partial charge on any atom is 0.125 e. The third-order valence-electron chi connectivity index (χ3n) is 4.43. The third kappa shape index (κ3) is 3.68. The highest BCUT2D eigenvalue weighted by molar-refractivity contribution is 7.80. The molecule has 106 valence electrons. The molecule has 1 aromatic rings. The van der Waals surface area contributed by atoms with Gasteiger partial charge in [0, 0.05) is 5.41 Å². The van der Waals surface area contributed by atoms with Crippen LogP contribution in [-0.4, -0.2) is 12.4 Å². The van der Waals surface area contributed by atoms with Crippen LogP contribution in [0, 0.1) is 19.3 Å². The monoisotopic (exact) mass is 278 g/mol. The second kappa shape index (κ2) is 6.69. The van der Waals surface area contributed by atoms with E-state index in [9.17, 15) is 0 Å². The van der Waals surface area contributed by atoms with E-state index in [2.05, 4.69) is 44.7 Å². The zero-order chi connectivity index (χ0) is 13.7. The largest absolute Gasteiger partial charge is 0.492 e. The minimum atomic E-state index is 0.286. The Morgan fingerprint density at radius 3 is 2.16 bits per heavy atom. The Labute approximate surface area is 123 Å². The summed E-state index contributed by atoms with van der Waals surface area (Å²) in [6.07, 6.45) is 7.94. The lowest BCUT2D eigenvalue weighted by Gasteiger charge is -2.31. The molecule has 1 fully saturated rings. The number of hydrogen-bond donors (Lipinski definition) is 1. The van der Waals surface area contributed by atoms with E-state index in [0.29, 0.717) is 0 Å². The molecule has 2 heteroatoms. The van der Waals surface area contributed by atoms with Crippen LogP contribution in [0.5, 0.6) is 5.75 Å². The molecule has 0 bridgehead atoms. The van der Waals surface area contributed by atoms with Crippen molar-refractivity contribution in [3.63, 3.8) is 0 Å². The van der Waals surface area contributed by atoms with Gasteiger partial charge in [-0.3, -0.25) is 0 Å². The molecule has 0 heterocycles. The Balaban J connectivity index is 2.06. The number of aryl methyl sites for hydroxylation is 2. The van der Waals surface area contributed by atoms with Crippen LogP contribution in [-0.2, 0) is 0 Å². The topological polar surface area (TPSA) is 9.23 Å². The lowest BCUT2D eigenvalue weighted by Crippen LogP contribution is -2.30. The van der Waals surface area contributed by atoms with Crippen molar-refractivity contribution in [1.29, 1.82) is 0 Å². The molecule has 1 saturated carbocycles. The van der Waals surface area contributed by atoms with Gasteiger partial charge >= 0.3 is 0 Å². The van der Waals surface area contributed by atoms with E-state index in [1.165, 1.54) is 49.7 Å². The van der Waals surface area contributed by atoms with Gasteiger partial charge in [0.25, 0.3) is 0 Å². The van der Waals surface area contributed by atoms with Crippen molar-refractivity contribution in [3.8, 4) is 5.75 Å². The molecule has 0 spiro atoms. The third-order valence-corrected chi connectivity index (χ3v) is 5.10.